The number of hydrogen-bond donors (Lipinski definition) is 1. The minimum absolute atomic E-state index is 0.217. The van der Waals surface area contributed by atoms with Gasteiger partial charge in [-0.25, -0.2) is 4.79 Å². The van der Waals surface area contributed by atoms with Crippen molar-refractivity contribution < 1.29 is 19.1 Å². The maximum Gasteiger partial charge on any atom is 0.321 e. The van der Waals surface area contributed by atoms with Crippen molar-refractivity contribution >= 4 is 17.7 Å². The molecule has 1 aliphatic heterocycles. The number of nitrogens with zero attached hydrogens (tertiary/aromatic N) is 1. The lowest BCUT2D eigenvalue weighted by molar-refractivity contribution is -0.149. The van der Waals surface area contributed by atoms with E-state index in [1.54, 1.807) is 17.9 Å². The molecular formula is C17H24N2O4. The van der Waals surface area contributed by atoms with Crippen LogP contribution in [0.2, 0.25) is 0 Å². The third-order valence-electron chi connectivity index (χ3n) is 3.76. The molecule has 1 saturated heterocycles. The molecule has 0 aliphatic carbocycles. The highest BCUT2D eigenvalue weighted by atomic mass is 16.5. The molecular weight excluding hydrogens is 296 g/mol. The number of benzene rings is 1. The van der Waals surface area contributed by atoms with E-state index < -0.39 is 0 Å². The van der Waals surface area contributed by atoms with Gasteiger partial charge in [-0.3, -0.25) is 4.79 Å². The summed E-state index contributed by atoms with van der Waals surface area (Å²) in [6.45, 7) is 5.61. The third-order valence-corrected chi connectivity index (χ3v) is 3.76. The fourth-order valence-corrected chi connectivity index (χ4v) is 2.66. The van der Waals surface area contributed by atoms with Crippen molar-refractivity contribution in [2.45, 2.75) is 26.7 Å². The van der Waals surface area contributed by atoms with Crippen molar-refractivity contribution in [2.75, 3.05) is 31.6 Å². The van der Waals surface area contributed by atoms with Crippen LogP contribution in [0.25, 0.3) is 0 Å². The Bertz CT molecular complexity index is 547. The molecule has 1 fully saturated rings. The van der Waals surface area contributed by atoms with Crippen molar-refractivity contribution in [2.24, 2.45) is 5.92 Å². The number of amides is 2. The highest BCUT2D eigenvalue weighted by molar-refractivity contribution is 5.91. The predicted molar refractivity (Wildman–Crippen MR) is 87.6 cm³/mol. The predicted octanol–water partition coefficient (Wildman–Crippen LogP) is 2.89. The molecule has 126 valence electrons. The first-order valence-corrected chi connectivity index (χ1v) is 8.10. The smallest absolute Gasteiger partial charge is 0.321 e. The standard InChI is InChI=1S/C17H24N2O4/c1-3-22-15-10-6-5-9-14(15)18-17(21)19-11-7-8-13(12-19)16(20)23-4-2/h5-6,9-10,13H,3-4,7-8,11-12H2,1-2H3,(H,18,21)/t13-/m0/s1. The average Bonchev–Trinajstić information content (AvgIpc) is 2.57. The molecule has 1 atom stereocenters. The largest absolute Gasteiger partial charge is 0.492 e. The van der Waals surface area contributed by atoms with Crippen LogP contribution in [0.3, 0.4) is 0 Å². The fraction of sp³-hybridized carbons (Fsp3) is 0.529. The minimum Gasteiger partial charge on any atom is -0.492 e. The molecule has 1 aromatic carbocycles. The number of urea groups is 1. The molecule has 0 aromatic heterocycles. The van der Waals surface area contributed by atoms with E-state index >= 15 is 0 Å². The van der Waals surface area contributed by atoms with Crippen LogP contribution in [0.15, 0.2) is 24.3 Å². The number of piperidine rings is 1. The maximum absolute atomic E-state index is 12.5. The van der Waals surface area contributed by atoms with Crippen LogP contribution < -0.4 is 10.1 Å². The fourth-order valence-electron chi connectivity index (χ4n) is 2.66. The highest BCUT2D eigenvalue weighted by Gasteiger charge is 2.29. The van der Waals surface area contributed by atoms with Gasteiger partial charge in [-0.05, 0) is 38.8 Å². The van der Waals surface area contributed by atoms with Crippen LogP contribution >= 0.6 is 0 Å². The second kappa shape index (κ2) is 8.41. The summed E-state index contributed by atoms with van der Waals surface area (Å²) in [6.07, 6.45) is 1.56. The van der Waals surface area contributed by atoms with E-state index in [1.807, 2.05) is 25.1 Å². The molecule has 0 spiro atoms. The molecule has 1 aromatic rings. The zero-order valence-corrected chi connectivity index (χ0v) is 13.7. The summed E-state index contributed by atoms with van der Waals surface area (Å²) in [6, 6.07) is 7.10. The first-order valence-electron chi connectivity index (χ1n) is 8.10. The Hall–Kier alpha value is -2.24. The SMILES string of the molecule is CCOC(=O)[C@H]1CCCN(C(=O)Nc2ccccc2OCC)C1. The zero-order chi connectivity index (χ0) is 16.7. The number of anilines is 1. The topological polar surface area (TPSA) is 67.9 Å². The summed E-state index contributed by atoms with van der Waals surface area (Å²) in [5.74, 6) is 0.179. The van der Waals surface area contributed by atoms with E-state index in [0.29, 0.717) is 37.7 Å². The van der Waals surface area contributed by atoms with Crippen LogP contribution in [0.4, 0.5) is 10.5 Å². The minimum atomic E-state index is -0.239. The third kappa shape index (κ3) is 4.61. The van der Waals surface area contributed by atoms with E-state index in [9.17, 15) is 9.59 Å². The van der Waals surface area contributed by atoms with Crippen LogP contribution in [0, 0.1) is 5.92 Å². The van der Waals surface area contributed by atoms with Gasteiger partial charge in [0.1, 0.15) is 5.75 Å². The Morgan fingerprint density at radius 3 is 2.78 bits per heavy atom. The number of likely N-dealkylation sites (tertiary alicyclic amines) is 1. The lowest BCUT2D eigenvalue weighted by atomic mass is 9.98. The first-order chi connectivity index (χ1) is 11.2. The molecule has 1 heterocycles. The van der Waals surface area contributed by atoms with E-state index in [4.69, 9.17) is 9.47 Å². The zero-order valence-electron chi connectivity index (χ0n) is 13.7. The van der Waals surface area contributed by atoms with Crippen molar-refractivity contribution in [1.29, 1.82) is 0 Å². The molecule has 0 radical (unpaired) electrons. The first kappa shape index (κ1) is 17.1. The highest BCUT2D eigenvalue weighted by Crippen LogP contribution is 2.25. The molecule has 0 saturated carbocycles. The Morgan fingerprint density at radius 2 is 2.04 bits per heavy atom. The normalized spacial score (nSPS) is 17.5. The Balaban J connectivity index is 1.99. The molecule has 1 aliphatic rings. The summed E-state index contributed by atoms with van der Waals surface area (Å²) < 4.78 is 10.6. The van der Waals surface area contributed by atoms with E-state index in [1.165, 1.54) is 0 Å². The van der Waals surface area contributed by atoms with E-state index in [2.05, 4.69) is 5.32 Å². The maximum atomic E-state index is 12.5. The van der Waals surface area contributed by atoms with Crippen LogP contribution in [0.5, 0.6) is 5.75 Å². The van der Waals surface area contributed by atoms with Crippen molar-refractivity contribution in [3.05, 3.63) is 24.3 Å². The molecule has 0 unspecified atom stereocenters. The Labute approximate surface area is 136 Å². The molecule has 0 bridgehead atoms. The molecule has 2 amide bonds. The molecule has 6 nitrogen and oxygen atoms in total. The van der Waals surface area contributed by atoms with Gasteiger partial charge in [-0.1, -0.05) is 12.1 Å². The number of ether oxygens (including phenoxy) is 2. The summed E-state index contributed by atoms with van der Waals surface area (Å²) in [4.78, 5) is 26.0. The quantitative estimate of drug-likeness (QED) is 0.847. The van der Waals surface area contributed by atoms with Crippen LogP contribution in [0.1, 0.15) is 26.7 Å². The van der Waals surface area contributed by atoms with Gasteiger partial charge >= 0.3 is 12.0 Å². The van der Waals surface area contributed by atoms with Gasteiger partial charge in [-0.15, -0.1) is 0 Å². The number of esters is 1. The van der Waals surface area contributed by atoms with E-state index in [0.717, 1.165) is 12.8 Å². The summed E-state index contributed by atoms with van der Waals surface area (Å²) in [7, 11) is 0. The monoisotopic (exact) mass is 320 g/mol. The molecule has 6 heteroatoms. The molecule has 2 rings (SSSR count). The van der Waals surface area contributed by atoms with Gasteiger partial charge in [0.2, 0.25) is 0 Å². The summed E-state index contributed by atoms with van der Waals surface area (Å²) >= 11 is 0. The number of carbonyl (C=O) groups excluding carboxylic acids is 2. The van der Waals surface area contributed by atoms with Gasteiger partial charge in [0.15, 0.2) is 0 Å². The van der Waals surface area contributed by atoms with Crippen molar-refractivity contribution in [3.8, 4) is 5.75 Å². The van der Waals surface area contributed by atoms with Crippen LogP contribution in [-0.2, 0) is 9.53 Å². The Morgan fingerprint density at radius 1 is 1.26 bits per heavy atom. The lowest BCUT2D eigenvalue weighted by Gasteiger charge is -2.31. The number of carbonyl (C=O) groups is 2. The van der Waals surface area contributed by atoms with Gasteiger partial charge in [0, 0.05) is 13.1 Å². The molecule has 1 N–H and O–H groups in total. The van der Waals surface area contributed by atoms with Gasteiger partial charge in [-0.2, -0.15) is 0 Å². The number of hydrogen-bond acceptors (Lipinski definition) is 4. The average molecular weight is 320 g/mol. The van der Waals surface area contributed by atoms with E-state index in [-0.39, 0.29) is 17.9 Å². The number of nitrogens with one attached hydrogen (secondary N) is 1. The summed E-state index contributed by atoms with van der Waals surface area (Å²) in [5.41, 5.74) is 0.637. The van der Waals surface area contributed by atoms with Crippen LogP contribution in [-0.4, -0.2) is 43.2 Å². The van der Waals surface area contributed by atoms with Gasteiger partial charge in [0.05, 0.1) is 24.8 Å². The van der Waals surface area contributed by atoms with Crippen molar-refractivity contribution in [1.82, 2.24) is 4.90 Å². The van der Waals surface area contributed by atoms with Gasteiger partial charge < -0.3 is 19.7 Å². The van der Waals surface area contributed by atoms with Crippen molar-refractivity contribution in [3.63, 3.8) is 0 Å². The summed E-state index contributed by atoms with van der Waals surface area (Å²) in [5, 5.41) is 2.87. The number of para-hydroxylation sites is 2. The Kier molecular flexibility index (Phi) is 6.26. The molecule has 23 heavy (non-hydrogen) atoms. The number of rotatable bonds is 5. The van der Waals surface area contributed by atoms with Gasteiger partial charge in [0.25, 0.3) is 0 Å². The lowest BCUT2D eigenvalue weighted by Crippen LogP contribution is -2.44. The second-order valence-electron chi connectivity index (χ2n) is 5.40. The second-order valence-corrected chi connectivity index (χ2v) is 5.40.